The third kappa shape index (κ3) is 4.81. The Morgan fingerprint density at radius 3 is 2.24 bits per heavy atom. The molecule has 1 fully saturated rings. The molecule has 9 nitrogen and oxygen atoms in total. The maximum Gasteiger partial charge on any atom is 0.573 e. The number of piperazine rings is 1. The molecule has 0 N–H and O–H groups in total. The Morgan fingerprint density at radius 2 is 1.62 bits per heavy atom. The van der Waals surface area contributed by atoms with Gasteiger partial charge in [0.05, 0.1) is 5.39 Å². The number of carbonyl (C=O) groups is 1. The minimum Gasteiger partial charge on any atom is -0.406 e. The largest absolute Gasteiger partial charge is 0.573 e. The number of halogens is 3. The fourth-order valence-corrected chi connectivity index (χ4v) is 3.90. The van der Waals surface area contributed by atoms with E-state index >= 15 is 0 Å². The van der Waals surface area contributed by atoms with Gasteiger partial charge in [-0.3, -0.25) is 23.6 Å². The zero-order valence-electron chi connectivity index (χ0n) is 18.5. The molecular formula is C22H22F3N5O4. The Kier molecular flexibility index (Phi) is 6.17. The van der Waals surface area contributed by atoms with Gasteiger partial charge in [0.2, 0.25) is 0 Å². The van der Waals surface area contributed by atoms with Crippen LogP contribution in [0, 0.1) is 0 Å². The van der Waals surface area contributed by atoms with Crippen molar-refractivity contribution in [2.75, 3.05) is 26.2 Å². The van der Waals surface area contributed by atoms with Gasteiger partial charge in [-0.25, -0.2) is 9.78 Å². The van der Waals surface area contributed by atoms with Crippen LogP contribution < -0.4 is 16.0 Å². The lowest BCUT2D eigenvalue weighted by Gasteiger charge is -2.34. The van der Waals surface area contributed by atoms with E-state index in [4.69, 9.17) is 0 Å². The van der Waals surface area contributed by atoms with Crippen LogP contribution in [-0.2, 0) is 20.6 Å². The number of ether oxygens (including phenoxy) is 1. The summed E-state index contributed by atoms with van der Waals surface area (Å²) in [4.78, 5) is 45.5. The topological polar surface area (TPSA) is 89.7 Å². The third-order valence-electron chi connectivity index (χ3n) is 5.74. The predicted molar refractivity (Wildman–Crippen MR) is 117 cm³/mol. The maximum atomic E-state index is 13.0. The normalized spacial score (nSPS) is 15.0. The summed E-state index contributed by atoms with van der Waals surface area (Å²) in [5.74, 6) is -0.576. The number of amides is 1. The molecule has 0 spiro atoms. The van der Waals surface area contributed by atoms with E-state index in [1.807, 2.05) is 0 Å². The molecule has 34 heavy (non-hydrogen) atoms. The van der Waals surface area contributed by atoms with Crippen LogP contribution in [-0.4, -0.2) is 62.4 Å². The van der Waals surface area contributed by atoms with Gasteiger partial charge in [0.15, 0.2) is 0 Å². The number of aryl methyl sites for hydroxylation is 1. The van der Waals surface area contributed by atoms with Crippen molar-refractivity contribution in [1.82, 2.24) is 23.9 Å². The highest BCUT2D eigenvalue weighted by Crippen LogP contribution is 2.23. The van der Waals surface area contributed by atoms with Crippen molar-refractivity contribution < 1.29 is 22.7 Å². The van der Waals surface area contributed by atoms with E-state index in [0.717, 1.165) is 10.1 Å². The minimum atomic E-state index is -4.73. The standard InChI is InChI=1S/C22H22F3N5O4/c1-27-18-16(19(31)28(2)21(27)33)7-8-17(26-18)20(32)30-11-9-29(10-12-30)13-14-3-5-15(6-4-14)34-22(23,24)25/h3-8H,9-13H2,1-2H3. The van der Waals surface area contributed by atoms with Gasteiger partial charge in [0, 0.05) is 46.8 Å². The molecule has 1 aliphatic heterocycles. The lowest BCUT2D eigenvalue weighted by Crippen LogP contribution is -2.48. The summed E-state index contributed by atoms with van der Waals surface area (Å²) in [6.45, 7) is 2.53. The summed E-state index contributed by atoms with van der Waals surface area (Å²) >= 11 is 0. The summed E-state index contributed by atoms with van der Waals surface area (Å²) in [5.41, 5.74) is 0.116. The number of pyridine rings is 1. The van der Waals surface area contributed by atoms with Crippen LogP contribution in [0.5, 0.6) is 5.75 Å². The summed E-state index contributed by atoms with van der Waals surface area (Å²) in [6.07, 6.45) is -4.73. The Hall–Kier alpha value is -3.67. The van der Waals surface area contributed by atoms with E-state index in [9.17, 15) is 27.6 Å². The van der Waals surface area contributed by atoms with Crippen molar-refractivity contribution in [3.8, 4) is 5.75 Å². The number of fused-ring (bicyclic) bond motifs is 1. The Labute approximate surface area is 191 Å². The van der Waals surface area contributed by atoms with Gasteiger partial charge in [-0.2, -0.15) is 0 Å². The second kappa shape index (κ2) is 8.93. The highest BCUT2D eigenvalue weighted by Gasteiger charge is 2.31. The number of hydrogen-bond acceptors (Lipinski definition) is 6. The highest BCUT2D eigenvalue weighted by molar-refractivity contribution is 5.94. The first-order chi connectivity index (χ1) is 16.0. The first-order valence-corrected chi connectivity index (χ1v) is 10.5. The average Bonchev–Trinajstić information content (AvgIpc) is 2.81. The van der Waals surface area contributed by atoms with Crippen molar-refractivity contribution in [2.45, 2.75) is 12.9 Å². The number of hydrogen-bond donors (Lipinski definition) is 0. The van der Waals surface area contributed by atoms with Gasteiger partial charge in [0.1, 0.15) is 17.1 Å². The molecule has 1 amide bonds. The van der Waals surface area contributed by atoms with E-state index in [1.165, 1.54) is 42.9 Å². The number of rotatable bonds is 4. The molecule has 0 radical (unpaired) electrons. The maximum absolute atomic E-state index is 13.0. The van der Waals surface area contributed by atoms with Gasteiger partial charge in [-0.05, 0) is 29.8 Å². The lowest BCUT2D eigenvalue weighted by molar-refractivity contribution is -0.274. The van der Waals surface area contributed by atoms with Gasteiger partial charge in [0.25, 0.3) is 11.5 Å². The van der Waals surface area contributed by atoms with Crippen molar-refractivity contribution in [3.63, 3.8) is 0 Å². The zero-order chi connectivity index (χ0) is 24.6. The number of benzene rings is 1. The fraction of sp³-hybridized carbons (Fsp3) is 0.364. The van der Waals surface area contributed by atoms with Crippen molar-refractivity contribution in [1.29, 1.82) is 0 Å². The zero-order valence-corrected chi connectivity index (χ0v) is 18.5. The molecule has 1 aromatic carbocycles. The molecule has 0 bridgehead atoms. The summed E-state index contributed by atoms with van der Waals surface area (Å²) in [6, 6.07) is 8.68. The van der Waals surface area contributed by atoms with E-state index in [-0.39, 0.29) is 28.4 Å². The summed E-state index contributed by atoms with van der Waals surface area (Å²) in [7, 11) is 2.87. The van der Waals surface area contributed by atoms with Gasteiger partial charge >= 0.3 is 12.1 Å². The molecule has 1 saturated heterocycles. The summed E-state index contributed by atoms with van der Waals surface area (Å²) in [5, 5.41) is 0.248. The van der Waals surface area contributed by atoms with Crippen LogP contribution in [0.25, 0.3) is 11.0 Å². The Morgan fingerprint density at radius 1 is 0.971 bits per heavy atom. The molecule has 12 heteroatoms. The van der Waals surface area contributed by atoms with E-state index < -0.39 is 17.6 Å². The molecule has 0 atom stereocenters. The monoisotopic (exact) mass is 477 g/mol. The van der Waals surface area contributed by atoms with E-state index in [0.29, 0.717) is 32.7 Å². The van der Waals surface area contributed by atoms with Crippen molar-refractivity contribution >= 4 is 16.9 Å². The number of aromatic nitrogens is 3. The van der Waals surface area contributed by atoms with Gasteiger partial charge in [-0.1, -0.05) is 12.1 Å². The lowest BCUT2D eigenvalue weighted by atomic mass is 10.2. The van der Waals surface area contributed by atoms with Gasteiger partial charge in [-0.15, -0.1) is 13.2 Å². The smallest absolute Gasteiger partial charge is 0.406 e. The fourth-order valence-electron chi connectivity index (χ4n) is 3.90. The quantitative estimate of drug-likeness (QED) is 0.566. The first-order valence-electron chi connectivity index (χ1n) is 10.5. The van der Waals surface area contributed by atoms with Crippen molar-refractivity contribution in [2.24, 2.45) is 14.1 Å². The Bertz CT molecular complexity index is 1340. The molecule has 2 aromatic heterocycles. The third-order valence-corrected chi connectivity index (χ3v) is 5.74. The van der Waals surface area contributed by atoms with Crippen LogP contribution in [0.2, 0.25) is 0 Å². The molecule has 3 heterocycles. The Balaban J connectivity index is 1.40. The molecule has 1 aliphatic rings. The molecule has 0 unspecified atom stereocenters. The number of nitrogens with zero attached hydrogens (tertiary/aromatic N) is 5. The molecular weight excluding hydrogens is 455 g/mol. The number of carbonyl (C=O) groups excluding carboxylic acids is 1. The summed E-state index contributed by atoms with van der Waals surface area (Å²) < 4.78 is 43.0. The SMILES string of the molecule is Cn1c(=O)c2ccc(C(=O)N3CCN(Cc4ccc(OC(F)(F)F)cc4)CC3)nc2n(C)c1=O. The molecule has 0 aliphatic carbocycles. The second-order valence-electron chi connectivity index (χ2n) is 8.03. The van der Waals surface area contributed by atoms with Crippen LogP contribution >= 0.6 is 0 Å². The number of alkyl halides is 3. The van der Waals surface area contributed by atoms with Crippen LogP contribution in [0.3, 0.4) is 0 Å². The van der Waals surface area contributed by atoms with Crippen LogP contribution in [0.15, 0.2) is 46.0 Å². The van der Waals surface area contributed by atoms with Gasteiger partial charge < -0.3 is 9.64 Å². The molecule has 4 rings (SSSR count). The first kappa shape index (κ1) is 23.5. The predicted octanol–water partition coefficient (Wildman–Crippen LogP) is 1.49. The van der Waals surface area contributed by atoms with Crippen LogP contribution in [0.1, 0.15) is 16.1 Å². The van der Waals surface area contributed by atoms with Crippen molar-refractivity contribution in [3.05, 3.63) is 68.5 Å². The minimum absolute atomic E-state index is 0.143. The molecule has 180 valence electrons. The second-order valence-corrected chi connectivity index (χ2v) is 8.03. The highest BCUT2D eigenvalue weighted by atomic mass is 19.4. The molecule has 0 saturated carbocycles. The molecule has 3 aromatic rings. The van der Waals surface area contributed by atoms with E-state index in [1.54, 1.807) is 17.0 Å². The average molecular weight is 477 g/mol. The van der Waals surface area contributed by atoms with Crippen LogP contribution in [0.4, 0.5) is 13.2 Å². The van der Waals surface area contributed by atoms with E-state index in [2.05, 4.69) is 14.6 Å².